The maximum Gasteiger partial charge on any atom is 0.408 e. The van der Waals surface area contributed by atoms with Crippen molar-refractivity contribution in [3.8, 4) is 0 Å². The number of nitrogens with one attached hydrogen (secondary N) is 1. The normalized spacial score (nSPS) is 17.9. The van der Waals surface area contributed by atoms with E-state index >= 15 is 0 Å². The van der Waals surface area contributed by atoms with Gasteiger partial charge in [-0.05, 0) is 30.7 Å². The Morgan fingerprint density at radius 2 is 2.04 bits per heavy atom. The van der Waals surface area contributed by atoms with Gasteiger partial charge in [0.25, 0.3) is 0 Å². The van der Waals surface area contributed by atoms with Gasteiger partial charge in [0.2, 0.25) is 0 Å². The van der Waals surface area contributed by atoms with Gasteiger partial charge in [0.15, 0.2) is 0 Å². The molecule has 1 unspecified atom stereocenters. The van der Waals surface area contributed by atoms with Crippen LogP contribution in [-0.4, -0.2) is 54.4 Å². The van der Waals surface area contributed by atoms with Crippen LogP contribution in [-0.2, 0) is 20.9 Å². The third-order valence-corrected chi connectivity index (χ3v) is 4.35. The van der Waals surface area contributed by atoms with Crippen molar-refractivity contribution in [2.45, 2.75) is 31.9 Å². The van der Waals surface area contributed by atoms with E-state index in [1.165, 1.54) is 12.0 Å². The zero-order chi connectivity index (χ0) is 18.9. The number of carboxylic acid groups (broad SMARTS) is 1. The first-order chi connectivity index (χ1) is 12.5. The number of benzene rings is 1. The SMILES string of the molecule is COC(=O)C(C[C@@H]1CCCN(C(=O)O)C1)NC(=O)OCc1ccccc1. The van der Waals surface area contributed by atoms with Crippen LogP contribution in [0.2, 0.25) is 0 Å². The molecule has 8 heteroatoms. The number of hydrogen-bond donors (Lipinski definition) is 2. The molecule has 2 amide bonds. The fourth-order valence-corrected chi connectivity index (χ4v) is 3.03. The Labute approximate surface area is 152 Å². The van der Waals surface area contributed by atoms with Gasteiger partial charge in [-0.3, -0.25) is 0 Å². The van der Waals surface area contributed by atoms with Gasteiger partial charge >= 0.3 is 18.2 Å². The van der Waals surface area contributed by atoms with Crippen molar-refractivity contribution in [3.05, 3.63) is 35.9 Å². The summed E-state index contributed by atoms with van der Waals surface area (Å²) in [5.41, 5.74) is 0.835. The maximum absolute atomic E-state index is 12.0. The van der Waals surface area contributed by atoms with Crippen LogP contribution in [0.4, 0.5) is 9.59 Å². The third-order valence-electron chi connectivity index (χ3n) is 4.35. The van der Waals surface area contributed by atoms with Gasteiger partial charge in [-0.2, -0.15) is 0 Å². The van der Waals surface area contributed by atoms with Crippen molar-refractivity contribution in [2.24, 2.45) is 5.92 Å². The molecule has 0 aromatic heterocycles. The molecule has 2 atom stereocenters. The molecular formula is C18H24N2O6. The van der Waals surface area contributed by atoms with Crippen LogP contribution in [0.5, 0.6) is 0 Å². The number of carbonyl (C=O) groups excluding carboxylic acids is 2. The standard InChI is InChI=1S/C18H24N2O6/c1-25-16(21)15(10-14-8-5-9-20(11-14)18(23)24)19-17(22)26-12-13-6-3-2-4-7-13/h2-4,6-7,14-15H,5,8-12H2,1H3,(H,19,22)(H,23,24)/t14-,15?/m0/s1. The Hall–Kier alpha value is -2.77. The first-order valence-electron chi connectivity index (χ1n) is 8.52. The fourth-order valence-electron chi connectivity index (χ4n) is 3.03. The Morgan fingerprint density at radius 3 is 2.69 bits per heavy atom. The van der Waals surface area contributed by atoms with E-state index in [9.17, 15) is 14.4 Å². The maximum atomic E-state index is 12.0. The molecule has 1 aliphatic heterocycles. The van der Waals surface area contributed by atoms with Crippen LogP contribution >= 0.6 is 0 Å². The number of nitrogens with zero attached hydrogens (tertiary/aromatic N) is 1. The molecule has 0 radical (unpaired) electrons. The lowest BCUT2D eigenvalue weighted by Gasteiger charge is -2.32. The predicted molar refractivity (Wildman–Crippen MR) is 92.5 cm³/mol. The van der Waals surface area contributed by atoms with Crippen molar-refractivity contribution < 1.29 is 29.0 Å². The molecule has 2 rings (SSSR count). The largest absolute Gasteiger partial charge is 0.467 e. The monoisotopic (exact) mass is 364 g/mol. The minimum atomic E-state index is -0.973. The van der Waals surface area contributed by atoms with Crippen molar-refractivity contribution in [2.75, 3.05) is 20.2 Å². The molecule has 142 valence electrons. The lowest BCUT2D eigenvalue weighted by atomic mass is 9.91. The molecule has 0 aliphatic carbocycles. The van der Waals surface area contributed by atoms with E-state index in [2.05, 4.69) is 5.32 Å². The van der Waals surface area contributed by atoms with E-state index in [0.29, 0.717) is 19.5 Å². The number of piperidine rings is 1. The van der Waals surface area contributed by atoms with Gasteiger partial charge in [-0.1, -0.05) is 30.3 Å². The molecule has 1 aromatic rings. The van der Waals surface area contributed by atoms with Crippen LogP contribution in [0.1, 0.15) is 24.8 Å². The smallest absolute Gasteiger partial charge is 0.408 e. The Balaban J connectivity index is 1.89. The number of rotatable bonds is 6. The van der Waals surface area contributed by atoms with E-state index in [-0.39, 0.29) is 12.5 Å². The van der Waals surface area contributed by atoms with Gasteiger partial charge in [-0.15, -0.1) is 0 Å². The minimum Gasteiger partial charge on any atom is -0.467 e. The average molecular weight is 364 g/mol. The van der Waals surface area contributed by atoms with Crippen LogP contribution < -0.4 is 5.32 Å². The molecule has 8 nitrogen and oxygen atoms in total. The summed E-state index contributed by atoms with van der Waals surface area (Å²) in [6, 6.07) is 8.32. The summed E-state index contributed by atoms with van der Waals surface area (Å²) in [6.07, 6.45) is 0.132. The summed E-state index contributed by atoms with van der Waals surface area (Å²) in [7, 11) is 1.25. The summed E-state index contributed by atoms with van der Waals surface area (Å²) in [5, 5.41) is 11.6. The highest BCUT2D eigenvalue weighted by Crippen LogP contribution is 2.21. The second-order valence-electron chi connectivity index (χ2n) is 6.25. The highest BCUT2D eigenvalue weighted by Gasteiger charge is 2.30. The summed E-state index contributed by atoms with van der Waals surface area (Å²) in [5.74, 6) is -0.604. The summed E-state index contributed by atoms with van der Waals surface area (Å²) < 4.78 is 9.89. The predicted octanol–water partition coefficient (Wildman–Crippen LogP) is 2.23. The lowest BCUT2D eigenvalue weighted by molar-refractivity contribution is -0.143. The zero-order valence-electron chi connectivity index (χ0n) is 14.7. The average Bonchev–Trinajstić information content (AvgIpc) is 2.66. The Bertz CT molecular complexity index is 621. The Kier molecular flexibility index (Phi) is 7.25. The van der Waals surface area contributed by atoms with Gasteiger partial charge in [0.1, 0.15) is 12.6 Å². The first kappa shape index (κ1) is 19.6. The number of alkyl carbamates (subject to hydrolysis) is 1. The molecule has 1 heterocycles. The molecular weight excluding hydrogens is 340 g/mol. The molecule has 1 aromatic carbocycles. The van der Waals surface area contributed by atoms with Gasteiger partial charge in [-0.25, -0.2) is 14.4 Å². The van der Waals surface area contributed by atoms with E-state index in [0.717, 1.165) is 18.4 Å². The second-order valence-corrected chi connectivity index (χ2v) is 6.25. The summed E-state index contributed by atoms with van der Waals surface area (Å²) in [6.45, 7) is 0.918. The molecule has 1 aliphatic rings. The van der Waals surface area contributed by atoms with Gasteiger partial charge in [0, 0.05) is 13.1 Å². The van der Waals surface area contributed by atoms with Crippen LogP contribution in [0.3, 0.4) is 0 Å². The second kappa shape index (κ2) is 9.65. The minimum absolute atomic E-state index is 0.0293. The highest BCUT2D eigenvalue weighted by atomic mass is 16.6. The van der Waals surface area contributed by atoms with Crippen LogP contribution in [0, 0.1) is 5.92 Å². The topological polar surface area (TPSA) is 105 Å². The van der Waals surface area contributed by atoms with E-state index in [4.69, 9.17) is 14.6 Å². The van der Waals surface area contributed by atoms with Crippen molar-refractivity contribution in [3.63, 3.8) is 0 Å². The molecule has 0 bridgehead atoms. The highest BCUT2D eigenvalue weighted by molar-refractivity contribution is 5.81. The number of methoxy groups -OCH3 is 1. The lowest BCUT2D eigenvalue weighted by Crippen LogP contribution is -2.46. The van der Waals surface area contributed by atoms with E-state index in [1.807, 2.05) is 30.3 Å². The van der Waals surface area contributed by atoms with Gasteiger partial charge in [0.05, 0.1) is 7.11 Å². The number of hydrogen-bond acceptors (Lipinski definition) is 5. The van der Waals surface area contributed by atoms with Crippen molar-refractivity contribution in [1.82, 2.24) is 10.2 Å². The Morgan fingerprint density at radius 1 is 1.31 bits per heavy atom. The summed E-state index contributed by atoms with van der Waals surface area (Å²) >= 11 is 0. The van der Waals surface area contributed by atoms with E-state index in [1.54, 1.807) is 0 Å². The zero-order valence-corrected chi connectivity index (χ0v) is 14.7. The first-order valence-corrected chi connectivity index (χ1v) is 8.52. The molecule has 2 N–H and O–H groups in total. The van der Waals surface area contributed by atoms with Gasteiger partial charge < -0.3 is 24.8 Å². The number of esters is 1. The van der Waals surface area contributed by atoms with Crippen molar-refractivity contribution >= 4 is 18.2 Å². The summed E-state index contributed by atoms with van der Waals surface area (Å²) in [4.78, 5) is 36.5. The molecule has 26 heavy (non-hydrogen) atoms. The van der Waals surface area contributed by atoms with Crippen LogP contribution in [0.15, 0.2) is 30.3 Å². The molecule has 0 saturated carbocycles. The van der Waals surface area contributed by atoms with Crippen LogP contribution in [0.25, 0.3) is 0 Å². The molecule has 0 spiro atoms. The number of amides is 2. The number of ether oxygens (including phenoxy) is 2. The molecule has 1 saturated heterocycles. The fraction of sp³-hybridized carbons (Fsp3) is 0.500. The number of likely N-dealkylation sites (tertiary alicyclic amines) is 1. The molecule has 1 fully saturated rings. The third kappa shape index (κ3) is 5.94. The van der Waals surface area contributed by atoms with Crippen molar-refractivity contribution in [1.29, 1.82) is 0 Å². The number of carbonyl (C=O) groups is 3. The quantitative estimate of drug-likeness (QED) is 0.750. The van der Waals surface area contributed by atoms with E-state index < -0.39 is 24.2 Å².